The standard InChI is InChI=1S/C9H14N2OS/c1-4-9(3,6-12)5-8-11-10-7(2)13-8/h6H,4-5H2,1-3H3. The fourth-order valence-corrected chi connectivity index (χ4v) is 1.91. The van der Waals surface area contributed by atoms with E-state index in [4.69, 9.17) is 0 Å². The second kappa shape index (κ2) is 3.96. The third kappa shape index (κ3) is 2.59. The van der Waals surface area contributed by atoms with E-state index >= 15 is 0 Å². The fraction of sp³-hybridized carbons (Fsp3) is 0.667. The molecule has 72 valence electrons. The summed E-state index contributed by atoms with van der Waals surface area (Å²) >= 11 is 1.56. The van der Waals surface area contributed by atoms with Crippen molar-refractivity contribution in [3.8, 4) is 0 Å². The third-order valence-electron chi connectivity index (χ3n) is 2.22. The molecule has 1 heterocycles. The van der Waals surface area contributed by atoms with Gasteiger partial charge in [-0.25, -0.2) is 0 Å². The quantitative estimate of drug-likeness (QED) is 0.695. The number of aryl methyl sites for hydroxylation is 1. The highest BCUT2D eigenvalue weighted by Crippen LogP contribution is 2.25. The van der Waals surface area contributed by atoms with E-state index < -0.39 is 0 Å². The van der Waals surface area contributed by atoms with E-state index in [1.165, 1.54) is 0 Å². The molecular weight excluding hydrogens is 184 g/mol. The molecule has 0 amide bonds. The fourth-order valence-electron chi connectivity index (χ4n) is 1.00. The van der Waals surface area contributed by atoms with E-state index in [1.54, 1.807) is 11.3 Å². The molecule has 0 aromatic carbocycles. The number of rotatable bonds is 4. The van der Waals surface area contributed by atoms with Crippen LogP contribution >= 0.6 is 11.3 Å². The van der Waals surface area contributed by atoms with Crippen molar-refractivity contribution in [1.29, 1.82) is 0 Å². The molecule has 3 nitrogen and oxygen atoms in total. The average Bonchev–Trinajstić information content (AvgIpc) is 2.51. The van der Waals surface area contributed by atoms with Crippen molar-refractivity contribution in [2.45, 2.75) is 33.6 Å². The van der Waals surface area contributed by atoms with Crippen LogP contribution in [-0.4, -0.2) is 16.5 Å². The molecule has 0 N–H and O–H groups in total. The summed E-state index contributed by atoms with van der Waals surface area (Å²) in [6.07, 6.45) is 2.57. The van der Waals surface area contributed by atoms with Gasteiger partial charge in [-0.15, -0.1) is 21.5 Å². The molecule has 1 aromatic rings. The summed E-state index contributed by atoms with van der Waals surface area (Å²) in [5.41, 5.74) is -0.272. The zero-order valence-corrected chi connectivity index (χ0v) is 9.02. The molecule has 0 spiro atoms. The van der Waals surface area contributed by atoms with E-state index in [0.717, 1.165) is 22.7 Å². The first kappa shape index (κ1) is 10.3. The monoisotopic (exact) mass is 198 g/mol. The number of aromatic nitrogens is 2. The van der Waals surface area contributed by atoms with Crippen molar-refractivity contribution in [2.75, 3.05) is 0 Å². The minimum Gasteiger partial charge on any atom is -0.303 e. The Labute approximate surface area is 82.2 Å². The van der Waals surface area contributed by atoms with Gasteiger partial charge >= 0.3 is 0 Å². The summed E-state index contributed by atoms with van der Waals surface area (Å²) in [7, 11) is 0. The van der Waals surface area contributed by atoms with Crippen LogP contribution < -0.4 is 0 Å². The van der Waals surface area contributed by atoms with Gasteiger partial charge in [0.05, 0.1) is 0 Å². The first-order valence-electron chi connectivity index (χ1n) is 4.35. The molecule has 1 rings (SSSR count). The Hall–Kier alpha value is -0.770. The number of aldehydes is 1. The summed E-state index contributed by atoms with van der Waals surface area (Å²) in [4.78, 5) is 10.8. The molecule has 0 fully saturated rings. The second-order valence-electron chi connectivity index (χ2n) is 3.52. The minimum absolute atomic E-state index is 0.272. The lowest BCUT2D eigenvalue weighted by atomic mass is 9.86. The smallest absolute Gasteiger partial charge is 0.126 e. The lowest BCUT2D eigenvalue weighted by Gasteiger charge is -2.18. The molecule has 13 heavy (non-hydrogen) atoms. The highest BCUT2D eigenvalue weighted by atomic mass is 32.1. The largest absolute Gasteiger partial charge is 0.303 e. The van der Waals surface area contributed by atoms with Gasteiger partial charge in [0.15, 0.2) is 0 Å². The van der Waals surface area contributed by atoms with Gasteiger partial charge in [-0.05, 0) is 13.3 Å². The first-order chi connectivity index (χ1) is 6.09. The van der Waals surface area contributed by atoms with Gasteiger partial charge in [-0.1, -0.05) is 13.8 Å². The van der Waals surface area contributed by atoms with Crippen molar-refractivity contribution in [3.05, 3.63) is 10.0 Å². The van der Waals surface area contributed by atoms with E-state index in [1.807, 2.05) is 20.8 Å². The lowest BCUT2D eigenvalue weighted by molar-refractivity contribution is -0.115. The van der Waals surface area contributed by atoms with Crippen LogP contribution in [0.15, 0.2) is 0 Å². The predicted octanol–water partition coefficient (Wildman–Crippen LogP) is 2.00. The Morgan fingerprint density at radius 3 is 2.62 bits per heavy atom. The molecule has 0 radical (unpaired) electrons. The normalized spacial score (nSPS) is 15.3. The Kier molecular flexibility index (Phi) is 3.14. The van der Waals surface area contributed by atoms with Crippen LogP contribution in [0.25, 0.3) is 0 Å². The van der Waals surface area contributed by atoms with Crippen LogP contribution in [0.1, 0.15) is 30.3 Å². The Balaban J connectivity index is 2.72. The highest BCUT2D eigenvalue weighted by Gasteiger charge is 2.23. The van der Waals surface area contributed by atoms with E-state index in [2.05, 4.69) is 10.2 Å². The lowest BCUT2D eigenvalue weighted by Crippen LogP contribution is -2.20. The van der Waals surface area contributed by atoms with Crippen molar-refractivity contribution < 1.29 is 4.79 Å². The van der Waals surface area contributed by atoms with E-state index in [9.17, 15) is 4.79 Å². The topological polar surface area (TPSA) is 42.9 Å². The van der Waals surface area contributed by atoms with Gasteiger partial charge < -0.3 is 4.79 Å². The molecule has 0 saturated carbocycles. The number of carbonyl (C=O) groups excluding carboxylic acids is 1. The molecule has 1 unspecified atom stereocenters. The molecular formula is C9H14N2OS. The first-order valence-corrected chi connectivity index (χ1v) is 5.16. The number of nitrogens with zero attached hydrogens (tertiary/aromatic N) is 2. The molecule has 1 aromatic heterocycles. The number of hydrogen-bond acceptors (Lipinski definition) is 4. The molecule has 4 heteroatoms. The molecule has 0 aliphatic rings. The minimum atomic E-state index is -0.272. The van der Waals surface area contributed by atoms with Gasteiger partial charge in [0, 0.05) is 11.8 Å². The Bertz CT molecular complexity index is 298. The maximum absolute atomic E-state index is 10.8. The van der Waals surface area contributed by atoms with Crippen LogP contribution in [0, 0.1) is 12.3 Å². The van der Waals surface area contributed by atoms with Crippen molar-refractivity contribution >= 4 is 17.6 Å². The zero-order valence-electron chi connectivity index (χ0n) is 8.20. The average molecular weight is 198 g/mol. The van der Waals surface area contributed by atoms with Crippen LogP contribution in [0.3, 0.4) is 0 Å². The van der Waals surface area contributed by atoms with Crippen molar-refractivity contribution in [2.24, 2.45) is 5.41 Å². The third-order valence-corrected chi connectivity index (χ3v) is 3.05. The van der Waals surface area contributed by atoms with Gasteiger partial charge in [-0.3, -0.25) is 0 Å². The van der Waals surface area contributed by atoms with Crippen molar-refractivity contribution in [1.82, 2.24) is 10.2 Å². The summed E-state index contributed by atoms with van der Waals surface area (Å²) in [5.74, 6) is 0. The van der Waals surface area contributed by atoms with Gasteiger partial charge in [-0.2, -0.15) is 0 Å². The highest BCUT2D eigenvalue weighted by molar-refractivity contribution is 7.11. The number of carbonyl (C=O) groups is 1. The molecule has 0 aliphatic heterocycles. The summed E-state index contributed by atoms with van der Waals surface area (Å²) in [6, 6.07) is 0. The molecule has 0 bridgehead atoms. The Morgan fingerprint density at radius 1 is 1.54 bits per heavy atom. The second-order valence-corrected chi connectivity index (χ2v) is 4.78. The number of hydrogen-bond donors (Lipinski definition) is 0. The van der Waals surface area contributed by atoms with Crippen molar-refractivity contribution in [3.63, 3.8) is 0 Å². The van der Waals surface area contributed by atoms with Gasteiger partial charge in [0.25, 0.3) is 0 Å². The van der Waals surface area contributed by atoms with E-state index in [0.29, 0.717) is 6.42 Å². The van der Waals surface area contributed by atoms with Crippen LogP contribution in [0.2, 0.25) is 0 Å². The molecule has 1 atom stereocenters. The Morgan fingerprint density at radius 2 is 2.23 bits per heavy atom. The van der Waals surface area contributed by atoms with Gasteiger partial charge in [0.2, 0.25) is 0 Å². The van der Waals surface area contributed by atoms with E-state index in [-0.39, 0.29) is 5.41 Å². The van der Waals surface area contributed by atoms with Gasteiger partial charge in [0.1, 0.15) is 16.3 Å². The maximum atomic E-state index is 10.8. The summed E-state index contributed by atoms with van der Waals surface area (Å²) in [5, 5.41) is 9.84. The summed E-state index contributed by atoms with van der Waals surface area (Å²) in [6.45, 7) is 5.89. The predicted molar refractivity (Wildman–Crippen MR) is 52.8 cm³/mol. The van der Waals surface area contributed by atoms with Crippen LogP contribution in [0.5, 0.6) is 0 Å². The SMILES string of the molecule is CCC(C)(C=O)Cc1nnc(C)s1. The maximum Gasteiger partial charge on any atom is 0.126 e. The summed E-state index contributed by atoms with van der Waals surface area (Å²) < 4.78 is 0. The molecule has 0 aliphatic carbocycles. The van der Waals surface area contributed by atoms with Crippen LogP contribution in [-0.2, 0) is 11.2 Å². The van der Waals surface area contributed by atoms with Crippen LogP contribution in [0.4, 0.5) is 0 Å². The molecule has 0 saturated heterocycles. The zero-order chi connectivity index (χ0) is 9.90.